The first-order valence-electron chi connectivity index (χ1n) is 9.32. The molecule has 2 aromatic rings. The van der Waals surface area contributed by atoms with E-state index in [1.54, 1.807) is 24.3 Å². The smallest absolute Gasteiger partial charge is 0.343 e. The number of amides is 1. The fraction of sp³-hybridized carbons (Fsp3) is 0.0952. The van der Waals surface area contributed by atoms with E-state index < -0.39 is 21.7 Å². The highest BCUT2D eigenvalue weighted by Crippen LogP contribution is 2.31. The molecule has 0 aliphatic carbocycles. The zero-order valence-electron chi connectivity index (χ0n) is 17.2. The molecule has 33 heavy (non-hydrogen) atoms. The first-order valence-corrected chi connectivity index (χ1v) is 12.4. The number of halogens is 1. The van der Waals surface area contributed by atoms with Crippen molar-refractivity contribution in [2.24, 2.45) is 9.39 Å². The maximum atomic E-state index is 12.5. The van der Waals surface area contributed by atoms with Gasteiger partial charge >= 0.3 is 5.97 Å². The first kappa shape index (κ1) is 22.9. The Morgan fingerprint density at radius 1 is 1.24 bits per heavy atom. The van der Waals surface area contributed by atoms with Gasteiger partial charge in [0, 0.05) is 6.26 Å². The number of nitrogens with one attached hydrogen (secondary N) is 1. The average molecular weight is 503 g/mol. The number of carbonyl (C=O) groups is 2. The Morgan fingerprint density at radius 2 is 2.00 bits per heavy atom. The lowest BCUT2D eigenvalue weighted by molar-refractivity contribution is -0.114. The van der Waals surface area contributed by atoms with E-state index in [0.29, 0.717) is 23.1 Å². The van der Waals surface area contributed by atoms with Gasteiger partial charge in [-0.15, -0.1) is 0 Å². The van der Waals surface area contributed by atoms with Crippen LogP contribution in [0.2, 0.25) is 5.02 Å². The van der Waals surface area contributed by atoms with Crippen molar-refractivity contribution in [1.82, 2.24) is 4.90 Å². The van der Waals surface area contributed by atoms with Gasteiger partial charge in [0.2, 0.25) is 20.2 Å². The standard InChI is InChI=1S/C21H15ClN4O5S2/c1-11-4-3-5-13(8-11)19(28)31-16-7-6-12(10-15(16)22)9-14-17(23)26-20(24-18(14)27)32-25-21(26)33(2,29)30/h3-10,23H,1-2H3/b14-9-,23-17?. The van der Waals surface area contributed by atoms with Crippen molar-refractivity contribution in [1.29, 1.82) is 5.41 Å². The van der Waals surface area contributed by atoms with Crippen molar-refractivity contribution in [3.8, 4) is 5.75 Å². The van der Waals surface area contributed by atoms with Crippen LogP contribution in [-0.2, 0) is 14.6 Å². The molecule has 0 aromatic heterocycles. The Morgan fingerprint density at radius 3 is 2.67 bits per heavy atom. The van der Waals surface area contributed by atoms with Crippen LogP contribution >= 0.6 is 23.5 Å². The van der Waals surface area contributed by atoms with Gasteiger partial charge < -0.3 is 4.74 Å². The summed E-state index contributed by atoms with van der Waals surface area (Å²) in [4.78, 5) is 29.7. The monoisotopic (exact) mass is 502 g/mol. The number of carbonyl (C=O) groups excluding carboxylic acids is 2. The molecule has 0 unspecified atom stereocenters. The third-order valence-corrected chi connectivity index (χ3v) is 6.60. The van der Waals surface area contributed by atoms with E-state index in [4.69, 9.17) is 21.7 Å². The van der Waals surface area contributed by atoms with Crippen LogP contribution in [-0.4, -0.2) is 47.6 Å². The molecule has 12 heteroatoms. The number of benzene rings is 2. The zero-order chi connectivity index (χ0) is 23.9. The molecule has 0 atom stereocenters. The molecule has 9 nitrogen and oxygen atoms in total. The van der Waals surface area contributed by atoms with Crippen LogP contribution in [0.15, 0.2) is 57.4 Å². The van der Waals surface area contributed by atoms with Crippen molar-refractivity contribution < 1.29 is 22.7 Å². The Labute approximate surface area is 198 Å². The van der Waals surface area contributed by atoms with Gasteiger partial charge in [-0.3, -0.25) is 10.2 Å². The predicted octanol–water partition coefficient (Wildman–Crippen LogP) is 3.49. The van der Waals surface area contributed by atoms with Crippen molar-refractivity contribution in [3.05, 3.63) is 69.8 Å². The SMILES string of the molecule is Cc1cccc(C(=O)Oc2ccc(/C=C3/C(=N)N4C(=NC3=O)SN=C4S(C)(=O)=O)cc2Cl)c1. The number of ether oxygens (including phenoxy) is 1. The van der Waals surface area contributed by atoms with Crippen LogP contribution in [0.25, 0.3) is 6.08 Å². The Balaban J connectivity index is 1.60. The number of aliphatic imine (C=N–C) groups is 1. The van der Waals surface area contributed by atoms with Crippen molar-refractivity contribution in [3.63, 3.8) is 0 Å². The predicted molar refractivity (Wildman–Crippen MR) is 127 cm³/mol. The van der Waals surface area contributed by atoms with Crippen LogP contribution in [0, 0.1) is 12.3 Å². The van der Waals surface area contributed by atoms with E-state index in [9.17, 15) is 18.0 Å². The maximum absolute atomic E-state index is 12.5. The van der Waals surface area contributed by atoms with Gasteiger partial charge in [0.15, 0.2) is 0 Å². The number of amidine groups is 3. The molecule has 4 rings (SSSR count). The van der Waals surface area contributed by atoms with E-state index >= 15 is 0 Å². The molecule has 168 valence electrons. The summed E-state index contributed by atoms with van der Waals surface area (Å²) in [5.41, 5.74) is 1.56. The lowest BCUT2D eigenvalue weighted by Crippen LogP contribution is -2.45. The van der Waals surface area contributed by atoms with Crippen LogP contribution in [0.5, 0.6) is 5.75 Å². The highest BCUT2D eigenvalue weighted by molar-refractivity contribution is 8.16. The molecule has 1 N–H and O–H groups in total. The van der Waals surface area contributed by atoms with E-state index in [2.05, 4.69) is 9.39 Å². The summed E-state index contributed by atoms with van der Waals surface area (Å²) < 4.78 is 33.1. The van der Waals surface area contributed by atoms with E-state index in [-0.39, 0.29) is 32.5 Å². The summed E-state index contributed by atoms with van der Waals surface area (Å²) in [5, 5.41) is 8.10. The molecule has 0 spiro atoms. The quantitative estimate of drug-likeness (QED) is 0.294. The normalized spacial score (nSPS) is 17.1. The molecular formula is C21H15ClN4O5S2. The summed E-state index contributed by atoms with van der Waals surface area (Å²) >= 11 is 6.98. The van der Waals surface area contributed by atoms with Crippen LogP contribution in [0.4, 0.5) is 0 Å². The summed E-state index contributed by atoms with van der Waals surface area (Å²) in [6.07, 6.45) is 2.31. The Kier molecular flexibility index (Phi) is 5.95. The van der Waals surface area contributed by atoms with E-state index in [1.165, 1.54) is 18.2 Å². The second kappa shape index (κ2) is 8.58. The third-order valence-electron chi connectivity index (χ3n) is 4.55. The number of nitrogens with zero attached hydrogens (tertiary/aromatic N) is 3. The fourth-order valence-electron chi connectivity index (χ4n) is 3.02. The molecule has 0 fully saturated rings. The molecule has 0 saturated heterocycles. The summed E-state index contributed by atoms with van der Waals surface area (Å²) in [6.45, 7) is 1.86. The minimum Gasteiger partial charge on any atom is -0.421 e. The molecule has 2 aromatic carbocycles. The first-order chi connectivity index (χ1) is 15.5. The van der Waals surface area contributed by atoms with E-state index in [0.717, 1.165) is 16.7 Å². The second-order valence-electron chi connectivity index (χ2n) is 7.13. The highest BCUT2D eigenvalue weighted by atomic mass is 35.5. The molecular weight excluding hydrogens is 488 g/mol. The third kappa shape index (κ3) is 4.61. The van der Waals surface area contributed by atoms with Gasteiger partial charge in [0.05, 0.1) is 28.1 Å². The fourth-order valence-corrected chi connectivity index (χ4v) is 5.10. The number of fused-ring (bicyclic) bond motifs is 1. The summed E-state index contributed by atoms with van der Waals surface area (Å²) in [6, 6.07) is 11.4. The molecule has 2 heterocycles. The number of hydrogen-bond donors (Lipinski definition) is 1. The topological polar surface area (TPSA) is 129 Å². The molecule has 0 saturated carbocycles. The van der Waals surface area contributed by atoms with Crippen molar-refractivity contribution in [2.75, 3.05) is 6.26 Å². The number of esters is 1. The molecule has 0 radical (unpaired) electrons. The molecule has 1 amide bonds. The average Bonchev–Trinajstić information content (AvgIpc) is 3.17. The zero-order valence-corrected chi connectivity index (χ0v) is 19.6. The second-order valence-corrected chi connectivity index (χ2v) is 10.2. The summed E-state index contributed by atoms with van der Waals surface area (Å²) in [7, 11) is -3.74. The number of aryl methyl sites for hydroxylation is 1. The molecule has 2 aliphatic rings. The lowest BCUT2D eigenvalue weighted by Gasteiger charge is -2.23. The minimum absolute atomic E-state index is 0.000911. The van der Waals surface area contributed by atoms with Crippen LogP contribution < -0.4 is 4.74 Å². The largest absolute Gasteiger partial charge is 0.421 e. The van der Waals surface area contributed by atoms with Gasteiger partial charge in [0.1, 0.15) is 11.6 Å². The van der Waals surface area contributed by atoms with Crippen molar-refractivity contribution >= 4 is 67.5 Å². The van der Waals surface area contributed by atoms with E-state index in [1.807, 2.05) is 13.0 Å². The van der Waals surface area contributed by atoms with Crippen LogP contribution in [0.3, 0.4) is 0 Å². The highest BCUT2D eigenvalue weighted by Gasteiger charge is 2.41. The van der Waals surface area contributed by atoms with Gasteiger partial charge in [0.25, 0.3) is 5.91 Å². The van der Waals surface area contributed by atoms with Gasteiger partial charge in [-0.1, -0.05) is 35.4 Å². The maximum Gasteiger partial charge on any atom is 0.343 e. The van der Waals surface area contributed by atoms with Gasteiger partial charge in [-0.25, -0.2) is 18.1 Å². The minimum atomic E-state index is -3.74. The number of hydrogen-bond acceptors (Lipinski definition) is 8. The summed E-state index contributed by atoms with van der Waals surface area (Å²) in [5.74, 6) is -1.53. The molecule has 2 aliphatic heterocycles. The lowest BCUT2D eigenvalue weighted by atomic mass is 10.1. The Bertz CT molecular complexity index is 1430. The number of rotatable bonds is 3. The van der Waals surface area contributed by atoms with Gasteiger partial charge in [-0.2, -0.15) is 9.39 Å². The molecule has 0 bridgehead atoms. The Hall–Kier alpha value is -3.28. The van der Waals surface area contributed by atoms with Crippen LogP contribution in [0.1, 0.15) is 21.5 Å². The van der Waals surface area contributed by atoms with Gasteiger partial charge in [-0.05, 0) is 42.8 Å². The number of sulfone groups is 1. The van der Waals surface area contributed by atoms with Crippen molar-refractivity contribution in [2.45, 2.75) is 6.92 Å².